The van der Waals surface area contributed by atoms with Gasteiger partial charge in [-0.05, 0) is 57.9 Å². The third-order valence-electron chi connectivity index (χ3n) is 2.87. The second kappa shape index (κ2) is 9.05. The van der Waals surface area contributed by atoms with Crippen molar-refractivity contribution in [2.45, 2.75) is 11.3 Å². The molecule has 24 heavy (non-hydrogen) atoms. The van der Waals surface area contributed by atoms with Gasteiger partial charge in [0.2, 0.25) is 11.8 Å². The Bertz CT molecular complexity index is 743. The van der Waals surface area contributed by atoms with Crippen LogP contribution >= 0.6 is 39.3 Å². The van der Waals surface area contributed by atoms with E-state index in [1.807, 2.05) is 12.1 Å². The molecule has 0 heterocycles. The minimum Gasteiger partial charge on any atom is -0.273 e. The average molecular weight is 432 g/mol. The van der Waals surface area contributed by atoms with Crippen molar-refractivity contribution in [1.82, 2.24) is 10.9 Å². The van der Waals surface area contributed by atoms with Gasteiger partial charge < -0.3 is 0 Å². The Labute approximate surface area is 156 Å². The highest BCUT2D eigenvalue weighted by Gasteiger charge is 2.08. The summed E-state index contributed by atoms with van der Waals surface area (Å²) >= 11 is 10.2. The van der Waals surface area contributed by atoms with Crippen LogP contribution in [-0.2, 0) is 16.0 Å². The van der Waals surface area contributed by atoms with Gasteiger partial charge in [-0.2, -0.15) is 0 Å². The van der Waals surface area contributed by atoms with E-state index in [1.165, 1.54) is 30.0 Å². The average Bonchev–Trinajstić information content (AvgIpc) is 2.56. The molecule has 0 spiro atoms. The van der Waals surface area contributed by atoms with Crippen molar-refractivity contribution in [3.8, 4) is 0 Å². The van der Waals surface area contributed by atoms with E-state index in [0.717, 1.165) is 4.90 Å². The van der Waals surface area contributed by atoms with Gasteiger partial charge in [-0.1, -0.05) is 17.7 Å². The lowest BCUT2D eigenvalue weighted by atomic mass is 10.1. The number of carbonyl (C=O) groups is 2. The van der Waals surface area contributed by atoms with Crippen LogP contribution in [0, 0.1) is 5.82 Å². The second-order valence-corrected chi connectivity index (χ2v) is 7.10. The van der Waals surface area contributed by atoms with Crippen LogP contribution in [0.15, 0.2) is 51.8 Å². The number of halogens is 3. The molecule has 126 valence electrons. The third-order valence-corrected chi connectivity index (χ3v) is 4.75. The Morgan fingerprint density at radius 1 is 1.08 bits per heavy atom. The van der Waals surface area contributed by atoms with E-state index < -0.39 is 11.7 Å². The van der Waals surface area contributed by atoms with Crippen molar-refractivity contribution in [1.29, 1.82) is 0 Å². The maximum absolute atomic E-state index is 13.1. The molecule has 0 fully saturated rings. The fraction of sp³-hybridized carbons (Fsp3) is 0.125. The highest BCUT2D eigenvalue weighted by Crippen LogP contribution is 2.20. The summed E-state index contributed by atoms with van der Waals surface area (Å²) in [5.74, 6) is -0.960. The molecular formula is C16H13BrClFN2O2S. The molecule has 4 nitrogen and oxygen atoms in total. The number of hydrogen-bond donors (Lipinski definition) is 2. The van der Waals surface area contributed by atoms with Crippen molar-refractivity contribution in [3.63, 3.8) is 0 Å². The molecule has 0 aliphatic carbocycles. The van der Waals surface area contributed by atoms with Crippen molar-refractivity contribution in [2.75, 3.05) is 5.75 Å². The molecule has 0 unspecified atom stereocenters. The first-order valence-electron chi connectivity index (χ1n) is 6.84. The molecule has 8 heteroatoms. The molecule has 2 aromatic rings. The summed E-state index contributed by atoms with van der Waals surface area (Å²) in [6.07, 6.45) is 0.0312. The molecule has 0 saturated heterocycles. The van der Waals surface area contributed by atoms with Crippen molar-refractivity contribution in [3.05, 3.63) is 63.3 Å². The minimum absolute atomic E-state index is 0.0312. The minimum atomic E-state index is -0.397. The number of benzene rings is 2. The molecule has 0 radical (unpaired) electrons. The molecule has 0 bridgehead atoms. The SMILES string of the molecule is O=C(CSc1ccc(Cl)cc1)NNC(=O)Cc1ccc(F)c(Br)c1. The number of carbonyl (C=O) groups excluding carboxylic acids is 2. The van der Waals surface area contributed by atoms with Crippen LogP contribution in [0.5, 0.6) is 0 Å². The summed E-state index contributed by atoms with van der Waals surface area (Å²) < 4.78 is 13.4. The lowest BCUT2D eigenvalue weighted by Gasteiger charge is -2.08. The Balaban J connectivity index is 1.73. The molecule has 2 rings (SSSR count). The van der Waals surface area contributed by atoms with E-state index >= 15 is 0 Å². The van der Waals surface area contributed by atoms with Gasteiger partial charge >= 0.3 is 0 Å². The number of nitrogens with one attached hydrogen (secondary N) is 2. The van der Waals surface area contributed by atoms with Gasteiger partial charge in [0.05, 0.1) is 16.6 Å². The van der Waals surface area contributed by atoms with Gasteiger partial charge in [-0.15, -0.1) is 11.8 Å². The zero-order valence-corrected chi connectivity index (χ0v) is 15.5. The van der Waals surface area contributed by atoms with Crippen LogP contribution in [0.1, 0.15) is 5.56 Å². The van der Waals surface area contributed by atoms with Gasteiger partial charge in [0.1, 0.15) is 5.82 Å². The number of thioether (sulfide) groups is 1. The number of rotatable bonds is 5. The largest absolute Gasteiger partial charge is 0.273 e. The molecule has 0 saturated carbocycles. The molecule has 2 aromatic carbocycles. The highest BCUT2D eigenvalue weighted by atomic mass is 79.9. The lowest BCUT2D eigenvalue weighted by molar-refractivity contribution is -0.127. The fourth-order valence-corrected chi connectivity index (χ4v) is 2.99. The monoisotopic (exact) mass is 430 g/mol. The normalized spacial score (nSPS) is 10.3. The van der Waals surface area contributed by atoms with E-state index in [4.69, 9.17) is 11.6 Å². The maximum Gasteiger partial charge on any atom is 0.248 e. The Hall–Kier alpha value is -1.57. The summed E-state index contributed by atoms with van der Waals surface area (Å²) in [5.41, 5.74) is 5.30. The van der Waals surface area contributed by atoms with Crippen molar-refractivity contribution < 1.29 is 14.0 Å². The van der Waals surface area contributed by atoms with E-state index in [0.29, 0.717) is 10.6 Å². The first kappa shape index (κ1) is 18.8. The van der Waals surface area contributed by atoms with Crippen LogP contribution in [0.2, 0.25) is 5.02 Å². The summed E-state index contributed by atoms with van der Waals surface area (Å²) in [6.45, 7) is 0. The van der Waals surface area contributed by atoms with Crippen LogP contribution in [-0.4, -0.2) is 17.6 Å². The molecule has 0 atom stereocenters. The first-order chi connectivity index (χ1) is 11.4. The molecule has 2 N–H and O–H groups in total. The molecule has 0 aliphatic heterocycles. The van der Waals surface area contributed by atoms with Crippen LogP contribution in [0.4, 0.5) is 4.39 Å². The quantitative estimate of drug-likeness (QED) is 0.560. The Morgan fingerprint density at radius 3 is 2.42 bits per heavy atom. The van der Waals surface area contributed by atoms with Crippen LogP contribution < -0.4 is 10.9 Å². The first-order valence-corrected chi connectivity index (χ1v) is 8.99. The predicted octanol–water partition coefficient (Wildman–Crippen LogP) is 3.72. The van der Waals surface area contributed by atoms with Gasteiger partial charge in [0.25, 0.3) is 0 Å². The van der Waals surface area contributed by atoms with E-state index in [2.05, 4.69) is 26.8 Å². The highest BCUT2D eigenvalue weighted by molar-refractivity contribution is 9.10. The van der Waals surface area contributed by atoms with Crippen molar-refractivity contribution in [2.24, 2.45) is 0 Å². The standard InChI is InChI=1S/C16H13BrClFN2O2S/c17-13-7-10(1-6-14(13)19)8-15(22)20-21-16(23)9-24-12-4-2-11(18)3-5-12/h1-7H,8-9H2,(H,20,22)(H,21,23). The van der Waals surface area contributed by atoms with Crippen molar-refractivity contribution >= 4 is 51.1 Å². The summed E-state index contributed by atoms with van der Waals surface area (Å²) in [5, 5.41) is 0.628. The predicted molar refractivity (Wildman–Crippen MR) is 96.3 cm³/mol. The van der Waals surface area contributed by atoms with Gasteiger partial charge in [0.15, 0.2) is 0 Å². The summed E-state index contributed by atoms with van der Waals surface area (Å²) in [6, 6.07) is 11.4. The number of hydrogen-bond acceptors (Lipinski definition) is 3. The molecule has 0 aliphatic rings. The van der Waals surface area contributed by atoms with Crippen LogP contribution in [0.25, 0.3) is 0 Å². The number of hydrazine groups is 1. The topological polar surface area (TPSA) is 58.2 Å². The smallest absolute Gasteiger partial charge is 0.248 e. The Kier molecular flexibility index (Phi) is 7.08. The molecular weight excluding hydrogens is 419 g/mol. The second-order valence-electron chi connectivity index (χ2n) is 4.76. The van der Waals surface area contributed by atoms with E-state index in [1.54, 1.807) is 12.1 Å². The van der Waals surface area contributed by atoms with E-state index in [9.17, 15) is 14.0 Å². The zero-order chi connectivity index (χ0) is 17.5. The Morgan fingerprint density at radius 2 is 1.75 bits per heavy atom. The molecule has 0 aromatic heterocycles. The summed E-state index contributed by atoms with van der Waals surface area (Å²) in [4.78, 5) is 24.4. The summed E-state index contributed by atoms with van der Waals surface area (Å²) in [7, 11) is 0. The number of amides is 2. The van der Waals surface area contributed by atoms with E-state index in [-0.39, 0.29) is 22.6 Å². The van der Waals surface area contributed by atoms with Crippen LogP contribution in [0.3, 0.4) is 0 Å². The zero-order valence-electron chi connectivity index (χ0n) is 12.3. The lowest BCUT2D eigenvalue weighted by Crippen LogP contribution is -2.43. The van der Waals surface area contributed by atoms with Gasteiger partial charge in [-0.25, -0.2) is 4.39 Å². The van der Waals surface area contributed by atoms with Gasteiger partial charge in [0, 0.05) is 9.92 Å². The maximum atomic E-state index is 13.1. The molecule has 2 amide bonds. The van der Waals surface area contributed by atoms with Gasteiger partial charge in [-0.3, -0.25) is 20.4 Å². The fourth-order valence-electron chi connectivity index (χ4n) is 1.73. The third kappa shape index (κ3) is 6.14.